The van der Waals surface area contributed by atoms with Crippen molar-refractivity contribution < 1.29 is 54.9 Å². The van der Waals surface area contributed by atoms with Crippen molar-refractivity contribution in [3.05, 3.63) is 0 Å². The van der Waals surface area contributed by atoms with Crippen molar-refractivity contribution in [2.75, 3.05) is 6.61 Å². The molecular weight excluding hydrogens is 393 g/mol. The van der Waals surface area contributed by atoms with E-state index in [0.29, 0.717) is 0 Å². The quantitative estimate of drug-likeness (QED) is 0.439. The number of esters is 2. The fourth-order valence-electron chi connectivity index (χ4n) is 4.75. The van der Waals surface area contributed by atoms with Gasteiger partial charge in [0.15, 0.2) is 12.0 Å². The van der Waals surface area contributed by atoms with Gasteiger partial charge in [-0.05, 0) is 17.8 Å². The predicted molar refractivity (Wildman–Crippen MR) is 70.6 cm³/mol. The number of fused-ring (bicyclic) bond motifs is 1. The molecule has 5 unspecified atom stereocenters. The van der Waals surface area contributed by atoms with E-state index < -0.39 is 71.4 Å². The maximum atomic E-state index is 13.4. The highest BCUT2D eigenvalue weighted by atomic mass is 19.4. The average Bonchev–Trinajstić information content (AvgIpc) is 2.98. The van der Waals surface area contributed by atoms with Gasteiger partial charge in [-0.1, -0.05) is 13.8 Å². The van der Waals surface area contributed by atoms with Gasteiger partial charge in [0.25, 0.3) is 0 Å². The summed E-state index contributed by atoms with van der Waals surface area (Å²) >= 11 is 0. The van der Waals surface area contributed by atoms with Crippen molar-refractivity contribution in [3.8, 4) is 0 Å². The Bertz CT molecular complexity index is 689. The second-order valence-electron chi connectivity index (χ2n) is 7.79. The molecule has 5 atom stereocenters. The van der Waals surface area contributed by atoms with E-state index in [4.69, 9.17) is 4.74 Å². The maximum absolute atomic E-state index is 13.4. The summed E-state index contributed by atoms with van der Waals surface area (Å²) < 4.78 is 98.2. The van der Waals surface area contributed by atoms with Gasteiger partial charge >= 0.3 is 30.0 Å². The summed E-state index contributed by atoms with van der Waals surface area (Å²) in [7, 11) is 0. The van der Waals surface area contributed by atoms with Gasteiger partial charge in [0.1, 0.15) is 6.10 Å². The molecule has 2 bridgehead atoms. The number of carbonyl (C=O) groups excluding carboxylic acids is 2. The zero-order chi connectivity index (χ0) is 20.8. The Morgan fingerprint density at radius 1 is 1.22 bits per heavy atom. The van der Waals surface area contributed by atoms with Crippen LogP contribution >= 0.6 is 0 Å². The zero-order valence-electron chi connectivity index (χ0n) is 13.9. The lowest BCUT2D eigenvalue weighted by atomic mass is 9.71. The zero-order valence-corrected chi connectivity index (χ0v) is 13.9. The minimum Gasteiger partial charge on any atom is -0.458 e. The molecule has 3 fully saturated rings. The number of alkyl halides is 7. The van der Waals surface area contributed by atoms with E-state index in [-0.39, 0.29) is 6.42 Å². The van der Waals surface area contributed by atoms with Crippen LogP contribution in [0, 0.1) is 22.7 Å². The summed E-state index contributed by atoms with van der Waals surface area (Å²) in [6.45, 7) is 0.655. The molecule has 1 heterocycles. The first-order chi connectivity index (χ1) is 12.0. The summed E-state index contributed by atoms with van der Waals surface area (Å²) in [6, 6.07) is 0. The average molecular weight is 408 g/mol. The Balaban J connectivity index is 1.83. The molecule has 0 spiro atoms. The Hall–Kier alpha value is -1.59. The summed E-state index contributed by atoms with van der Waals surface area (Å²) in [5, 5.41) is 10.1. The van der Waals surface area contributed by atoms with E-state index >= 15 is 0 Å². The lowest BCUT2D eigenvalue weighted by Gasteiger charge is -2.31. The number of hydrogen-bond acceptors (Lipinski definition) is 5. The lowest BCUT2D eigenvalue weighted by molar-refractivity contribution is -0.360. The van der Waals surface area contributed by atoms with Crippen LogP contribution in [0.2, 0.25) is 0 Å². The summed E-state index contributed by atoms with van der Waals surface area (Å²) in [4.78, 5) is 24.6. The molecule has 12 heteroatoms. The predicted octanol–water partition coefficient (Wildman–Crippen LogP) is 2.31. The van der Waals surface area contributed by atoms with Crippen molar-refractivity contribution in [3.63, 3.8) is 0 Å². The van der Waals surface area contributed by atoms with E-state index in [1.807, 2.05) is 0 Å². The van der Waals surface area contributed by atoms with E-state index in [1.54, 1.807) is 13.8 Å². The van der Waals surface area contributed by atoms with Gasteiger partial charge in [0.05, 0.1) is 6.10 Å². The minimum atomic E-state index is -6.56. The van der Waals surface area contributed by atoms with E-state index in [2.05, 4.69) is 4.74 Å². The fourth-order valence-corrected chi connectivity index (χ4v) is 4.75. The third kappa shape index (κ3) is 2.27. The maximum Gasteiger partial charge on any atom is 0.460 e. The van der Waals surface area contributed by atoms with Gasteiger partial charge in [-0.15, -0.1) is 0 Å². The Labute approximate surface area is 147 Å². The Kier molecular flexibility index (Phi) is 3.93. The van der Waals surface area contributed by atoms with Gasteiger partial charge in [0.2, 0.25) is 0 Å². The molecule has 0 radical (unpaired) electrons. The number of halogens is 7. The number of carbonyl (C=O) groups is 2. The van der Waals surface area contributed by atoms with Crippen LogP contribution in [0.3, 0.4) is 0 Å². The molecule has 27 heavy (non-hydrogen) atoms. The van der Waals surface area contributed by atoms with E-state index in [0.717, 1.165) is 0 Å². The third-order valence-electron chi connectivity index (χ3n) is 6.08. The Morgan fingerprint density at radius 2 is 1.78 bits per heavy atom. The largest absolute Gasteiger partial charge is 0.460 e. The molecule has 154 valence electrons. The Morgan fingerprint density at radius 3 is 2.26 bits per heavy atom. The van der Waals surface area contributed by atoms with Crippen LogP contribution in [0.15, 0.2) is 0 Å². The first-order valence-electron chi connectivity index (χ1n) is 7.90. The molecule has 0 aromatic heterocycles. The highest BCUT2D eigenvalue weighted by Gasteiger charge is 2.81. The highest BCUT2D eigenvalue weighted by molar-refractivity contribution is 6.03. The number of aliphatic hydroxyl groups excluding tert-OH is 1. The van der Waals surface area contributed by atoms with E-state index in [9.17, 15) is 45.4 Å². The number of aliphatic hydroxyl groups is 1. The third-order valence-corrected chi connectivity index (χ3v) is 6.08. The van der Waals surface area contributed by atoms with Crippen molar-refractivity contribution in [2.45, 2.75) is 50.5 Å². The molecule has 2 saturated carbocycles. The second-order valence-corrected chi connectivity index (χ2v) is 7.79. The normalized spacial score (nSPS) is 37.5. The summed E-state index contributed by atoms with van der Waals surface area (Å²) in [5.41, 5.74) is -2.95. The minimum absolute atomic E-state index is 0.332. The number of rotatable bonds is 4. The first-order valence-corrected chi connectivity index (χ1v) is 7.90. The van der Waals surface area contributed by atoms with Gasteiger partial charge in [-0.2, -0.15) is 30.7 Å². The van der Waals surface area contributed by atoms with Crippen LogP contribution in [-0.4, -0.2) is 53.9 Å². The summed E-state index contributed by atoms with van der Waals surface area (Å²) in [5.74, 6) is -16.6. The molecule has 3 aliphatic rings. The van der Waals surface area contributed by atoms with Crippen LogP contribution in [0.5, 0.6) is 0 Å². The van der Waals surface area contributed by atoms with Crippen molar-refractivity contribution in [1.82, 2.24) is 0 Å². The van der Waals surface area contributed by atoms with Crippen molar-refractivity contribution in [1.29, 1.82) is 0 Å². The fraction of sp³-hybridized carbons (Fsp3) is 0.867. The molecule has 5 nitrogen and oxygen atoms in total. The van der Waals surface area contributed by atoms with Gasteiger partial charge in [-0.3, -0.25) is 9.59 Å². The molecule has 1 aliphatic heterocycles. The molecule has 2 aliphatic carbocycles. The SMILES string of the molecule is CC1(C)C2CC3(C(=O)OCC(F)(F)C(F)(F)C(F)(F)F)C(=O)OC(C2O)C31. The van der Waals surface area contributed by atoms with Crippen LogP contribution in [0.1, 0.15) is 20.3 Å². The van der Waals surface area contributed by atoms with Crippen LogP contribution in [0.4, 0.5) is 30.7 Å². The smallest absolute Gasteiger partial charge is 0.458 e. The highest BCUT2D eigenvalue weighted by Crippen LogP contribution is 2.70. The molecule has 0 aromatic carbocycles. The topological polar surface area (TPSA) is 72.8 Å². The monoisotopic (exact) mass is 408 g/mol. The van der Waals surface area contributed by atoms with Crippen molar-refractivity contribution >= 4 is 11.9 Å². The molecule has 3 rings (SSSR count). The molecule has 1 N–H and O–H groups in total. The lowest BCUT2D eigenvalue weighted by Crippen LogP contribution is -2.55. The summed E-state index contributed by atoms with van der Waals surface area (Å²) in [6.07, 6.45) is -9.09. The van der Waals surface area contributed by atoms with Crippen molar-refractivity contribution in [2.24, 2.45) is 22.7 Å². The number of ether oxygens (including phenoxy) is 2. The molecule has 0 amide bonds. The number of hydrogen-bond donors (Lipinski definition) is 1. The van der Waals surface area contributed by atoms with Crippen LogP contribution < -0.4 is 0 Å². The van der Waals surface area contributed by atoms with Gasteiger partial charge in [0, 0.05) is 5.92 Å². The van der Waals surface area contributed by atoms with Crippen LogP contribution in [0.25, 0.3) is 0 Å². The van der Waals surface area contributed by atoms with Gasteiger partial charge in [-0.25, -0.2) is 0 Å². The second kappa shape index (κ2) is 5.26. The molecule has 0 aromatic rings. The van der Waals surface area contributed by atoms with E-state index in [1.165, 1.54) is 0 Å². The van der Waals surface area contributed by atoms with Gasteiger partial charge < -0.3 is 14.6 Å². The molecular formula is C15H15F7O5. The van der Waals surface area contributed by atoms with Crippen LogP contribution in [-0.2, 0) is 19.1 Å². The first kappa shape index (κ1) is 20.2. The standard InChI is InChI=1S/C15H15F7O5/c1-11(2)5-3-12(8(11)7(6(5)23)27-10(12)25)9(24)26-4-13(16,17)14(18,19)15(20,21)22/h5-8,23H,3-4H2,1-2H3. The molecule has 1 saturated heterocycles.